The summed E-state index contributed by atoms with van der Waals surface area (Å²) in [5, 5.41) is 6.52. The highest BCUT2D eigenvalue weighted by Gasteiger charge is 2.05. The predicted molar refractivity (Wildman–Crippen MR) is 111 cm³/mol. The normalized spacial score (nSPS) is 11.2. The minimum atomic E-state index is -0.0757. The van der Waals surface area contributed by atoms with Crippen LogP contribution in [0.3, 0.4) is 0 Å². The third-order valence-electron chi connectivity index (χ3n) is 3.71. The van der Waals surface area contributed by atoms with Crippen LogP contribution in [0, 0.1) is 0 Å². The largest absolute Gasteiger partial charge is 0.484 e. The van der Waals surface area contributed by atoms with Crippen molar-refractivity contribution in [1.29, 1.82) is 0 Å². The second-order valence-electron chi connectivity index (χ2n) is 6.30. The van der Waals surface area contributed by atoms with Gasteiger partial charge in [0.2, 0.25) is 0 Å². The van der Waals surface area contributed by atoms with Gasteiger partial charge in [-0.1, -0.05) is 12.1 Å². The van der Waals surface area contributed by atoms with Crippen molar-refractivity contribution in [3.8, 4) is 5.75 Å². The first-order valence-corrected chi connectivity index (χ1v) is 9.57. The summed E-state index contributed by atoms with van der Waals surface area (Å²) in [4.78, 5) is 17.7. The zero-order valence-corrected chi connectivity index (χ0v) is 17.5. The van der Waals surface area contributed by atoms with Crippen molar-refractivity contribution in [2.75, 3.05) is 60.7 Å². The molecule has 8 nitrogen and oxygen atoms in total. The van der Waals surface area contributed by atoms with Crippen LogP contribution in [0.1, 0.15) is 18.9 Å². The topological polar surface area (TPSA) is 84.4 Å². The number of nitrogens with zero attached hydrogens (tertiary/aromatic N) is 2. The second-order valence-corrected chi connectivity index (χ2v) is 6.30. The van der Waals surface area contributed by atoms with Crippen LogP contribution >= 0.6 is 0 Å². The molecule has 0 fully saturated rings. The summed E-state index contributed by atoms with van der Waals surface area (Å²) < 4.78 is 15.9. The van der Waals surface area contributed by atoms with Crippen LogP contribution in [0.15, 0.2) is 29.3 Å². The average Bonchev–Trinajstić information content (AvgIpc) is 2.69. The van der Waals surface area contributed by atoms with E-state index in [9.17, 15) is 4.79 Å². The van der Waals surface area contributed by atoms with Crippen molar-refractivity contribution in [2.24, 2.45) is 4.99 Å². The van der Waals surface area contributed by atoms with Gasteiger partial charge < -0.3 is 29.7 Å². The molecule has 2 N–H and O–H groups in total. The molecule has 28 heavy (non-hydrogen) atoms. The van der Waals surface area contributed by atoms with Crippen LogP contribution in [0.4, 0.5) is 0 Å². The van der Waals surface area contributed by atoms with E-state index in [-0.39, 0.29) is 12.5 Å². The Balaban J connectivity index is 2.46. The maximum Gasteiger partial charge on any atom is 0.259 e. The van der Waals surface area contributed by atoms with Crippen molar-refractivity contribution in [3.05, 3.63) is 29.8 Å². The molecule has 1 amide bonds. The highest BCUT2D eigenvalue weighted by atomic mass is 16.5. The minimum absolute atomic E-state index is 0.0242. The summed E-state index contributed by atoms with van der Waals surface area (Å²) in [5.74, 6) is 1.34. The number of carbonyl (C=O) groups excluding carboxylic acids is 1. The lowest BCUT2D eigenvalue weighted by molar-refractivity contribution is -0.130. The van der Waals surface area contributed by atoms with Crippen LogP contribution in [0.25, 0.3) is 0 Å². The third kappa shape index (κ3) is 10.7. The van der Waals surface area contributed by atoms with E-state index in [2.05, 4.69) is 15.6 Å². The number of methoxy groups -OCH3 is 1. The molecule has 0 atom stereocenters. The number of aliphatic imine (C=N–C) groups is 1. The number of benzene rings is 1. The first kappa shape index (κ1) is 23.7. The van der Waals surface area contributed by atoms with E-state index in [1.54, 1.807) is 21.2 Å². The number of ether oxygens (including phenoxy) is 3. The molecule has 158 valence electrons. The van der Waals surface area contributed by atoms with Gasteiger partial charge in [0.25, 0.3) is 5.91 Å². The van der Waals surface area contributed by atoms with Gasteiger partial charge >= 0.3 is 0 Å². The van der Waals surface area contributed by atoms with Crippen LogP contribution in [-0.2, 0) is 20.8 Å². The smallest absolute Gasteiger partial charge is 0.259 e. The molecule has 0 aromatic heterocycles. The van der Waals surface area contributed by atoms with E-state index in [0.717, 1.165) is 31.0 Å². The summed E-state index contributed by atoms with van der Waals surface area (Å²) in [6.07, 6.45) is 0.886. The number of nitrogens with one attached hydrogen (secondary N) is 2. The molecule has 0 aliphatic carbocycles. The van der Waals surface area contributed by atoms with Gasteiger partial charge in [-0.25, -0.2) is 4.99 Å². The quantitative estimate of drug-likeness (QED) is 0.298. The fraction of sp³-hybridized carbons (Fsp3) is 0.600. The summed E-state index contributed by atoms with van der Waals surface area (Å²) in [6, 6.07) is 7.62. The predicted octanol–water partition coefficient (Wildman–Crippen LogP) is 1.26. The molecule has 1 aromatic carbocycles. The molecule has 0 heterocycles. The first-order valence-electron chi connectivity index (χ1n) is 9.57. The van der Waals surface area contributed by atoms with Gasteiger partial charge in [-0.2, -0.15) is 0 Å². The number of guanidine groups is 1. The monoisotopic (exact) mass is 394 g/mol. The summed E-state index contributed by atoms with van der Waals surface area (Å²) in [6.45, 7) is 6.03. The Bertz CT molecular complexity index is 593. The van der Waals surface area contributed by atoms with Crippen molar-refractivity contribution in [2.45, 2.75) is 19.9 Å². The van der Waals surface area contributed by atoms with Crippen molar-refractivity contribution < 1.29 is 19.0 Å². The van der Waals surface area contributed by atoms with Gasteiger partial charge in [0, 0.05) is 40.9 Å². The molecule has 0 radical (unpaired) electrons. The van der Waals surface area contributed by atoms with Crippen molar-refractivity contribution in [3.63, 3.8) is 0 Å². The molecule has 0 aliphatic rings. The molecular weight excluding hydrogens is 360 g/mol. The zero-order valence-electron chi connectivity index (χ0n) is 17.5. The van der Waals surface area contributed by atoms with E-state index in [4.69, 9.17) is 14.2 Å². The standard InChI is InChI=1S/C20H34N4O4/c1-5-21-20(22-10-7-11-27-13-12-26-4)23-15-17-8-6-9-18(14-17)28-16-19(25)24(2)3/h6,8-9,14H,5,7,10-13,15-16H2,1-4H3,(H2,21,22,23). The van der Waals surface area contributed by atoms with E-state index in [1.807, 2.05) is 31.2 Å². The highest BCUT2D eigenvalue weighted by Crippen LogP contribution is 2.14. The lowest BCUT2D eigenvalue weighted by atomic mass is 10.2. The number of carbonyl (C=O) groups is 1. The Morgan fingerprint density at radius 3 is 2.71 bits per heavy atom. The number of hydrogen-bond donors (Lipinski definition) is 2. The molecule has 8 heteroatoms. The summed E-state index contributed by atoms with van der Waals surface area (Å²) in [7, 11) is 5.07. The van der Waals surface area contributed by atoms with Gasteiger partial charge in [-0.15, -0.1) is 0 Å². The molecule has 0 bridgehead atoms. The lowest BCUT2D eigenvalue weighted by Crippen LogP contribution is -2.38. The molecule has 1 rings (SSSR count). The zero-order chi connectivity index (χ0) is 20.6. The van der Waals surface area contributed by atoms with Crippen LogP contribution < -0.4 is 15.4 Å². The van der Waals surface area contributed by atoms with Gasteiger partial charge in [0.1, 0.15) is 5.75 Å². The highest BCUT2D eigenvalue weighted by molar-refractivity contribution is 5.79. The summed E-state index contributed by atoms with van der Waals surface area (Å²) >= 11 is 0. The Morgan fingerprint density at radius 1 is 1.18 bits per heavy atom. The SMILES string of the molecule is CCNC(=NCc1cccc(OCC(=O)N(C)C)c1)NCCCOCCOC. The number of likely N-dealkylation sites (N-methyl/N-ethyl adjacent to an activating group) is 1. The molecule has 0 saturated carbocycles. The molecule has 0 aliphatic heterocycles. The maximum atomic E-state index is 11.6. The van der Waals surface area contributed by atoms with Crippen LogP contribution in [-0.4, -0.2) is 77.5 Å². The molecular formula is C20H34N4O4. The fourth-order valence-electron chi connectivity index (χ4n) is 2.15. The van der Waals surface area contributed by atoms with Gasteiger partial charge in [-0.05, 0) is 31.0 Å². The van der Waals surface area contributed by atoms with Crippen molar-refractivity contribution in [1.82, 2.24) is 15.5 Å². The fourth-order valence-corrected chi connectivity index (χ4v) is 2.15. The number of hydrogen-bond acceptors (Lipinski definition) is 5. The van der Waals surface area contributed by atoms with Crippen LogP contribution in [0.5, 0.6) is 5.75 Å². The van der Waals surface area contributed by atoms with Gasteiger partial charge in [0.05, 0.1) is 19.8 Å². The Morgan fingerprint density at radius 2 is 2.00 bits per heavy atom. The van der Waals surface area contributed by atoms with E-state index >= 15 is 0 Å². The molecule has 0 saturated heterocycles. The van der Waals surface area contributed by atoms with Crippen molar-refractivity contribution >= 4 is 11.9 Å². The molecule has 0 unspecified atom stereocenters. The van der Waals surface area contributed by atoms with E-state index < -0.39 is 0 Å². The first-order chi connectivity index (χ1) is 13.6. The number of rotatable bonds is 13. The molecule has 0 spiro atoms. The Kier molecular flexibility index (Phi) is 12.5. The number of amides is 1. The Labute approximate surface area is 168 Å². The maximum absolute atomic E-state index is 11.6. The van der Waals surface area contributed by atoms with Gasteiger partial charge in [0.15, 0.2) is 12.6 Å². The third-order valence-corrected chi connectivity index (χ3v) is 3.71. The van der Waals surface area contributed by atoms with Crippen LogP contribution in [0.2, 0.25) is 0 Å². The Hall–Kier alpha value is -2.32. The minimum Gasteiger partial charge on any atom is -0.484 e. The lowest BCUT2D eigenvalue weighted by Gasteiger charge is -2.13. The average molecular weight is 395 g/mol. The molecule has 1 aromatic rings. The van der Waals surface area contributed by atoms with Gasteiger partial charge in [-0.3, -0.25) is 4.79 Å². The second kappa shape index (κ2) is 14.7. The van der Waals surface area contributed by atoms with E-state index in [1.165, 1.54) is 4.90 Å². The summed E-state index contributed by atoms with van der Waals surface area (Å²) in [5.41, 5.74) is 1.01. The van der Waals surface area contributed by atoms with E-state index in [0.29, 0.717) is 32.1 Å².